The van der Waals surface area contributed by atoms with E-state index >= 15 is 0 Å². The molecule has 0 saturated carbocycles. The zero-order chi connectivity index (χ0) is 20.5. The second kappa shape index (κ2) is 8.14. The van der Waals surface area contributed by atoms with Crippen LogP contribution in [-0.4, -0.2) is 65.8 Å². The molecule has 3 aliphatic heterocycles. The minimum absolute atomic E-state index is 0.0332. The fraction of sp³-hybridized carbons (Fsp3) is 0.591. The van der Waals surface area contributed by atoms with Crippen LogP contribution in [0.5, 0.6) is 0 Å². The lowest BCUT2D eigenvalue weighted by molar-refractivity contribution is -0.153. The highest BCUT2D eigenvalue weighted by molar-refractivity contribution is 5.94. The van der Waals surface area contributed by atoms with Gasteiger partial charge in [-0.15, -0.1) is 0 Å². The molecule has 3 N–H and O–H groups in total. The maximum Gasteiger partial charge on any atom is 0.251 e. The number of likely N-dealkylation sites (tertiary alicyclic amines) is 1. The third-order valence-corrected chi connectivity index (χ3v) is 6.74. The summed E-state index contributed by atoms with van der Waals surface area (Å²) in [7, 11) is 0. The van der Waals surface area contributed by atoms with Crippen LogP contribution in [0.3, 0.4) is 0 Å². The summed E-state index contributed by atoms with van der Waals surface area (Å²) in [6.07, 6.45) is 3.54. The Hall–Kier alpha value is -2.41. The quantitative estimate of drug-likeness (QED) is 0.771. The van der Waals surface area contributed by atoms with Gasteiger partial charge in [0.25, 0.3) is 5.91 Å². The van der Waals surface area contributed by atoms with E-state index in [2.05, 4.69) is 15.1 Å². The normalized spacial score (nSPS) is 29.3. The second-order valence-electron chi connectivity index (χ2n) is 8.82. The van der Waals surface area contributed by atoms with Crippen molar-refractivity contribution in [2.75, 3.05) is 26.2 Å². The molecule has 29 heavy (non-hydrogen) atoms. The Labute approximate surface area is 171 Å². The van der Waals surface area contributed by atoms with E-state index in [0.717, 1.165) is 37.9 Å². The highest BCUT2D eigenvalue weighted by Crippen LogP contribution is 2.41. The number of piperidine rings is 3. The van der Waals surface area contributed by atoms with Gasteiger partial charge < -0.3 is 16.0 Å². The van der Waals surface area contributed by atoms with E-state index in [1.54, 1.807) is 0 Å². The van der Waals surface area contributed by atoms with Crippen LogP contribution in [0, 0.1) is 18.8 Å². The van der Waals surface area contributed by atoms with Crippen molar-refractivity contribution in [1.29, 1.82) is 0 Å². The summed E-state index contributed by atoms with van der Waals surface area (Å²) in [5.41, 5.74) is 7.17. The predicted octanol–water partition coefficient (Wildman–Crippen LogP) is 0.912. The summed E-state index contributed by atoms with van der Waals surface area (Å²) in [5.74, 6) is 0.392. The molecule has 0 spiro atoms. The van der Waals surface area contributed by atoms with E-state index in [4.69, 9.17) is 5.73 Å². The first-order chi connectivity index (χ1) is 13.9. The lowest BCUT2D eigenvalue weighted by atomic mass is 9.72. The van der Waals surface area contributed by atoms with Gasteiger partial charge >= 0.3 is 0 Å². The molecule has 0 aromatic heterocycles. The van der Waals surface area contributed by atoms with Crippen molar-refractivity contribution >= 4 is 17.7 Å². The molecular formula is C22H30N4O3. The van der Waals surface area contributed by atoms with Crippen LogP contribution in [0.25, 0.3) is 0 Å². The molecule has 4 rings (SSSR count). The number of aryl methyl sites for hydroxylation is 1. The monoisotopic (exact) mass is 398 g/mol. The van der Waals surface area contributed by atoms with Gasteiger partial charge in [-0.25, -0.2) is 0 Å². The van der Waals surface area contributed by atoms with Crippen LogP contribution in [0.15, 0.2) is 24.3 Å². The third kappa shape index (κ3) is 4.15. The molecular weight excluding hydrogens is 368 g/mol. The number of nitrogens with two attached hydrogens (primary N) is 1. The van der Waals surface area contributed by atoms with Gasteiger partial charge in [0.05, 0.1) is 12.6 Å². The van der Waals surface area contributed by atoms with Gasteiger partial charge in [0.1, 0.15) is 0 Å². The van der Waals surface area contributed by atoms with Gasteiger partial charge in [-0.2, -0.15) is 0 Å². The topological polar surface area (TPSA) is 95.7 Å². The number of fused-ring (bicyclic) bond motifs is 4. The smallest absolute Gasteiger partial charge is 0.251 e. The van der Waals surface area contributed by atoms with Crippen LogP contribution in [0.1, 0.15) is 41.6 Å². The number of benzene rings is 1. The summed E-state index contributed by atoms with van der Waals surface area (Å²) in [5, 5.41) is 3.06. The molecule has 1 aromatic carbocycles. The summed E-state index contributed by atoms with van der Waals surface area (Å²) >= 11 is 0. The van der Waals surface area contributed by atoms with E-state index < -0.39 is 0 Å². The van der Waals surface area contributed by atoms with Crippen LogP contribution < -0.4 is 11.1 Å². The van der Waals surface area contributed by atoms with Crippen molar-refractivity contribution in [3.8, 4) is 0 Å². The largest absolute Gasteiger partial charge is 0.369 e. The SMILES string of the molecule is Cc1ccc(C(=O)NC[C@H]2[C@H]3C[C@H](CN(CC(N)=O)C3)[C@@H]3CCCC(=O)N32)cc1. The molecule has 0 radical (unpaired) electrons. The Morgan fingerprint density at radius 1 is 1.17 bits per heavy atom. The van der Waals surface area contributed by atoms with Crippen molar-refractivity contribution in [1.82, 2.24) is 15.1 Å². The van der Waals surface area contributed by atoms with E-state index in [9.17, 15) is 14.4 Å². The Bertz CT molecular complexity index is 794. The van der Waals surface area contributed by atoms with E-state index in [-0.39, 0.29) is 42.3 Å². The molecule has 3 heterocycles. The number of carbonyl (C=O) groups is 3. The molecule has 156 valence electrons. The maximum atomic E-state index is 12.8. The number of hydrogen-bond donors (Lipinski definition) is 2. The Morgan fingerprint density at radius 2 is 1.90 bits per heavy atom. The molecule has 3 fully saturated rings. The molecule has 1 aromatic rings. The van der Waals surface area contributed by atoms with Crippen molar-refractivity contribution in [2.45, 2.75) is 44.7 Å². The maximum absolute atomic E-state index is 12.8. The van der Waals surface area contributed by atoms with Gasteiger partial charge in [0, 0.05) is 37.7 Å². The van der Waals surface area contributed by atoms with Gasteiger partial charge in [-0.1, -0.05) is 17.7 Å². The second-order valence-corrected chi connectivity index (χ2v) is 8.82. The van der Waals surface area contributed by atoms with E-state index in [1.807, 2.05) is 31.2 Å². The lowest BCUT2D eigenvalue weighted by Gasteiger charge is -2.56. The number of carbonyl (C=O) groups excluding carboxylic acids is 3. The van der Waals surface area contributed by atoms with Crippen molar-refractivity contribution in [2.24, 2.45) is 17.6 Å². The summed E-state index contributed by atoms with van der Waals surface area (Å²) < 4.78 is 0. The number of primary amides is 1. The van der Waals surface area contributed by atoms with Gasteiger partial charge in [-0.05, 0) is 50.2 Å². The Morgan fingerprint density at radius 3 is 2.62 bits per heavy atom. The fourth-order valence-electron chi connectivity index (χ4n) is 5.49. The number of amides is 3. The standard InChI is InChI=1S/C22H30N4O3/c1-14-5-7-15(8-6-14)22(29)24-10-19-17-9-16(11-25(12-17)13-20(23)27)18-3-2-4-21(28)26(18)19/h5-8,16-19H,2-4,9-13H2,1H3,(H2,23,27)(H,24,29)/t16-,17+,18+,19+/m1/s1. The molecule has 3 aliphatic rings. The molecule has 4 atom stereocenters. The van der Waals surface area contributed by atoms with Crippen molar-refractivity contribution in [3.63, 3.8) is 0 Å². The highest BCUT2D eigenvalue weighted by Gasteiger charge is 2.49. The zero-order valence-corrected chi connectivity index (χ0v) is 17.0. The van der Waals surface area contributed by atoms with Gasteiger partial charge in [0.2, 0.25) is 11.8 Å². The lowest BCUT2D eigenvalue weighted by Crippen LogP contribution is -2.67. The van der Waals surface area contributed by atoms with E-state index in [0.29, 0.717) is 24.4 Å². The number of nitrogens with one attached hydrogen (secondary N) is 1. The minimum atomic E-state index is -0.314. The summed E-state index contributed by atoms with van der Waals surface area (Å²) in [6.45, 7) is 4.24. The van der Waals surface area contributed by atoms with E-state index in [1.165, 1.54) is 0 Å². The Balaban J connectivity index is 1.51. The first kappa shape index (κ1) is 19.9. The van der Waals surface area contributed by atoms with Crippen molar-refractivity contribution in [3.05, 3.63) is 35.4 Å². The van der Waals surface area contributed by atoms with Crippen LogP contribution in [0.2, 0.25) is 0 Å². The van der Waals surface area contributed by atoms with Gasteiger partial charge in [0.15, 0.2) is 0 Å². The third-order valence-electron chi connectivity index (χ3n) is 6.74. The first-order valence-electron chi connectivity index (χ1n) is 10.6. The summed E-state index contributed by atoms with van der Waals surface area (Å²) in [4.78, 5) is 41.1. The highest BCUT2D eigenvalue weighted by atomic mass is 16.2. The fourth-order valence-corrected chi connectivity index (χ4v) is 5.49. The number of nitrogens with zero attached hydrogens (tertiary/aromatic N) is 2. The van der Waals surface area contributed by atoms with Crippen LogP contribution in [0.4, 0.5) is 0 Å². The predicted molar refractivity (Wildman–Crippen MR) is 109 cm³/mol. The summed E-state index contributed by atoms with van der Waals surface area (Å²) in [6, 6.07) is 7.66. The van der Waals surface area contributed by atoms with Crippen molar-refractivity contribution < 1.29 is 14.4 Å². The molecule has 0 aliphatic carbocycles. The molecule has 7 nitrogen and oxygen atoms in total. The zero-order valence-electron chi connectivity index (χ0n) is 17.0. The minimum Gasteiger partial charge on any atom is -0.369 e. The molecule has 3 amide bonds. The van der Waals surface area contributed by atoms with Gasteiger partial charge in [-0.3, -0.25) is 19.3 Å². The number of hydrogen-bond acceptors (Lipinski definition) is 4. The van der Waals surface area contributed by atoms with Crippen LogP contribution >= 0.6 is 0 Å². The Kier molecular flexibility index (Phi) is 5.58. The molecule has 7 heteroatoms. The first-order valence-corrected chi connectivity index (χ1v) is 10.6. The molecule has 0 unspecified atom stereocenters. The number of rotatable bonds is 5. The average Bonchev–Trinajstić information content (AvgIpc) is 2.68. The molecule has 2 bridgehead atoms. The molecule has 3 saturated heterocycles. The van der Waals surface area contributed by atoms with Crippen LogP contribution in [-0.2, 0) is 9.59 Å². The average molecular weight is 399 g/mol.